The molecule has 5 nitrogen and oxygen atoms in total. The lowest BCUT2D eigenvalue weighted by molar-refractivity contribution is -0.181. The van der Waals surface area contributed by atoms with E-state index < -0.39 is 34.8 Å². The summed E-state index contributed by atoms with van der Waals surface area (Å²) in [5.41, 5.74) is 1.37. The lowest BCUT2D eigenvalue weighted by Gasteiger charge is -2.57. The molecule has 0 saturated carbocycles. The Morgan fingerprint density at radius 3 is 2.61 bits per heavy atom. The normalized spacial score (nSPS) is 31.5. The first-order valence-corrected chi connectivity index (χ1v) is 9.18. The van der Waals surface area contributed by atoms with Crippen LogP contribution in [0.3, 0.4) is 0 Å². The van der Waals surface area contributed by atoms with Crippen LogP contribution in [0.1, 0.15) is 40.7 Å². The minimum Gasteiger partial charge on any atom is -0.445 e. The van der Waals surface area contributed by atoms with E-state index in [-0.39, 0.29) is 5.92 Å². The van der Waals surface area contributed by atoms with Crippen molar-refractivity contribution in [3.05, 3.63) is 82.9 Å². The summed E-state index contributed by atoms with van der Waals surface area (Å²) in [5, 5.41) is 0. The summed E-state index contributed by atoms with van der Waals surface area (Å²) in [7, 11) is 0. The molecule has 4 atom stereocenters. The van der Waals surface area contributed by atoms with Crippen LogP contribution >= 0.6 is 0 Å². The second-order valence-electron chi connectivity index (χ2n) is 7.85. The summed E-state index contributed by atoms with van der Waals surface area (Å²) in [6.07, 6.45) is 1.08. The predicted octanol–water partition coefficient (Wildman–Crippen LogP) is 3.13. The van der Waals surface area contributed by atoms with Crippen molar-refractivity contribution in [3.63, 3.8) is 0 Å². The van der Waals surface area contributed by atoms with Gasteiger partial charge in [0.05, 0.1) is 5.92 Å². The van der Waals surface area contributed by atoms with Gasteiger partial charge in [-0.1, -0.05) is 54.6 Å². The SMILES string of the molecule is C=CC(=O)OC12c3ccccc3C(c3ccc(C)cc31)C1C(=O)OC(=O)C12C. The molecule has 2 aromatic rings. The van der Waals surface area contributed by atoms with E-state index in [1.165, 1.54) is 0 Å². The number of aryl methyl sites for hydroxylation is 1. The number of benzene rings is 2. The Hall–Kier alpha value is -3.21. The molecule has 2 bridgehead atoms. The number of carbonyl (C=O) groups is 3. The van der Waals surface area contributed by atoms with E-state index in [4.69, 9.17) is 9.47 Å². The summed E-state index contributed by atoms with van der Waals surface area (Å²) in [5.74, 6) is -2.99. The van der Waals surface area contributed by atoms with Gasteiger partial charge in [0, 0.05) is 23.1 Å². The average molecular weight is 374 g/mol. The van der Waals surface area contributed by atoms with E-state index in [1.54, 1.807) is 6.92 Å². The van der Waals surface area contributed by atoms with Gasteiger partial charge in [-0.05, 0) is 25.0 Å². The number of carbonyl (C=O) groups excluding carboxylic acids is 3. The Morgan fingerprint density at radius 2 is 1.86 bits per heavy atom. The fraction of sp³-hybridized carbons (Fsp3) is 0.261. The Kier molecular flexibility index (Phi) is 3.14. The fourth-order valence-electron chi connectivity index (χ4n) is 5.43. The second-order valence-corrected chi connectivity index (χ2v) is 7.85. The largest absolute Gasteiger partial charge is 0.445 e. The smallest absolute Gasteiger partial charge is 0.331 e. The van der Waals surface area contributed by atoms with Gasteiger partial charge in [-0.2, -0.15) is 0 Å². The van der Waals surface area contributed by atoms with Crippen molar-refractivity contribution in [3.8, 4) is 0 Å². The average Bonchev–Trinajstić information content (AvgIpc) is 2.92. The summed E-state index contributed by atoms with van der Waals surface area (Å²) >= 11 is 0. The summed E-state index contributed by atoms with van der Waals surface area (Å²) < 4.78 is 11.2. The second kappa shape index (κ2) is 5.19. The van der Waals surface area contributed by atoms with Crippen LogP contribution in [0.25, 0.3) is 0 Å². The van der Waals surface area contributed by atoms with Crippen molar-refractivity contribution < 1.29 is 23.9 Å². The van der Waals surface area contributed by atoms with E-state index in [2.05, 4.69) is 6.58 Å². The number of hydrogen-bond donors (Lipinski definition) is 0. The predicted molar refractivity (Wildman–Crippen MR) is 99.2 cm³/mol. The highest BCUT2D eigenvalue weighted by atomic mass is 16.6. The molecule has 0 aromatic heterocycles. The number of hydrogen-bond acceptors (Lipinski definition) is 5. The summed E-state index contributed by atoms with van der Waals surface area (Å²) in [6, 6.07) is 13.4. The van der Waals surface area contributed by atoms with Crippen LogP contribution in [0.4, 0.5) is 0 Å². The molecule has 6 rings (SSSR count). The maximum absolute atomic E-state index is 13.0. The van der Waals surface area contributed by atoms with Gasteiger partial charge in [-0.3, -0.25) is 9.59 Å². The molecule has 4 unspecified atom stereocenters. The van der Waals surface area contributed by atoms with Crippen molar-refractivity contribution in [1.82, 2.24) is 0 Å². The Bertz CT molecular complexity index is 1100. The molecule has 1 saturated heterocycles. The van der Waals surface area contributed by atoms with Crippen LogP contribution in [0, 0.1) is 18.3 Å². The molecular formula is C23H18O5. The highest BCUT2D eigenvalue weighted by Crippen LogP contribution is 2.69. The fourth-order valence-corrected chi connectivity index (χ4v) is 5.43. The molecule has 4 aliphatic rings. The topological polar surface area (TPSA) is 69.7 Å². The molecule has 1 aliphatic heterocycles. The number of rotatable bonds is 2. The molecule has 2 aromatic carbocycles. The minimum absolute atomic E-state index is 0.333. The van der Waals surface area contributed by atoms with E-state index in [0.717, 1.165) is 33.9 Å². The highest BCUT2D eigenvalue weighted by molar-refractivity contribution is 6.03. The molecule has 140 valence electrons. The first-order chi connectivity index (χ1) is 13.4. The van der Waals surface area contributed by atoms with Crippen LogP contribution < -0.4 is 0 Å². The zero-order valence-corrected chi connectivity index (χ0v) is 15.5. The number of cyclic esters (lactones) is 2. The third-order valence-electron chi connectivity index (χ3n) is 6.58. The number of ether oxygens (including phenoxy) is 2. The molecule has 5 heteroatoms. The molecule has 0 N–H and O–H groups in total. The van der Waals surface area contributed by atoms with Crippen LogP contribution in [-0.2, 0) is 29.5 Å². The van der Waals surface area contributed by atoms with Crippen molar-refractivity contribution in [2.75, 3.05) is 0 Å². The third kappa shape index (κ3) is 1.66. The van der Waals surface area contributed by atoms with Crippen molar-refractivity contribution >= 4 is 17.9 Å². The molecule has 28 heavy (non-hydrogen) atoms. The van der Waals surface area contributed by atoms with E-state index in [0.29, 0.717) is 0 Å². The molecule has 0 spiro atoms. The van der Waals surface area contributed by atoms with Gasteiger partial charge < -0.3 is 9.47 Å². The Morgan fingerprint density at radius 1 is 1.14 bits per heavy atom. The van der Waals surface area contributed by atoms with Crippen LogP contribution in [0.5, 0.6) is 0 Å². The summed E-state index contributed by atoms with van der Waals surface area (Å²) in [6.45, 7) is 7.13. The number of esters is 3. The quantitative estimate of drug-likeness (QED) is 0.459. The minimum atomic E-state index is -1.46. The maximum atomic E-state index is 13.0. The molecule has 1 heterocycles. The molecule has 0 amide bonds. The van der Waals surface area contributed by atoms with Gasteiger partial charge in [-0.25, -0.2) is 4.79 Å². The maximum Gasteiger partial charge on any atom is 0.331 e. The lowest BCUT2D eigenvalue weighted by Crippen LogP contribution is -2.62. The van der Waals surface area contributed by atoms with Crippen molar-refractivity contribution in [2.45, 2.75) is 25.4 Å². The first kappa shape index (κ1) is 16.9. The monoisotopic (exact) mass is 374 g/mol. The van der Waals surface area contributed by atoms with Crippen molar-refractivity contribution in [2.24, 2.45) is 11.3 Å². The standard InChI is InChI=1S/C23H18O5/c1-4-17(24)28-23-15-8-6-5-7-13(15)18(14-10-9-12(2)11-16(14)23)19-20(25)27-21(26)22(19,23)3/h4-11,18-19H,1H2,2-3H3. The third-order valence-corrected chi connectivity index (χ3v) is 6.58. The Labute approximate surface area is 162 Å². The molecule has 3 aliphatic carbocycles. The van der Waals surface area contributed by atoms with Gasteiger partial charge in [0.15, 0.2) is 5.60 Å². The molecule has 1 fully saturated rings. The van der Waals surface area contributed by atoms with E-state index >= 15 is 0 Å². The Balaban J connectivity index is 1.98. The van der Waals surface area contributed by atoms with E-state index in [9.17, 15) is 14.4 Å². The molecule has 0 radical (unpaired) electrons. The lowest BCUT2D eigenvalue weighted by atomic mass is 9.46. The zero-order valence-electron chi connectivity index (χ0n) is 15.5. The summed E-state index contributed by atoms with van der Waals surface area (Å²) in [4.78, 5) is 38.4. The van der Waals surface area contributed by atoms with Gasteiger partial charge >= 0.3 is 17.9 Å². The van der Waals surface area contributed by atoms with Crippen LogP contribution in [-0.4, -0.2) is 17.9 Å². The van der Waals surface area contributed by atoms with Gasteiger partial charge in [0.1, 0.15) is 5.41 Å². The van der Waals surface area contributed by atoms with Gasteiger partial charge in [0.2, 0.25) is 0 Å². The molecular weight excluding hydrogens is 356 g/mol. The first-order valence-electron chi connectivity index (χ1n) is 9.18. The van der Waals surface area contributed by atoms with E-state index in [1.807, 2.05) is 49.4 Å². The van der Waals surface area contributed by atoms with Gasteiger partial charge in [-0.15, -0.1) is 0 Å². The highest BCUT2D eigenvalue weighted by Gasteiger charge is 2.77. The van der Waals surface area contributed by atoms with Crippen LogP contribution in [0.15, 0.2) is 55.1 Å². The van der Waals surface area contributed by atoms with Gasteiger partial charge in [0.25, 0.3) is 0 Å². The zero-order chi connectivity index (χ0) is 19.8. The van der Waals surface area contributed by atoms with Crippen LogP contribution in [0.2, 0.25) is 0 Å². The van der Waals surface area contributed by atoms with Crippen molar-refractivity contribution in [1.29, 1.82) is 0 Å².